The summed E-state index contributed by atoms with van der Waals surface area (Å²) in [6.07, 6.45) is 0. The average molecular weight is 347 g/mol. The quantitative estimate of drug-likeness (QED) is 0.845. The van der Waals surface area contributed by atoms with Crippen molar-refractivity contribution < 1.29 is 0 Å². The molecule has 2 aromatic rings. The summed E-state index contributed by atoms with van der Waals surface area (Å²) in [6.45, 7) is 5.21. The van der Waals surface area contributed by atoms with Crippen LogP contribution in [-0.4, -0.2) is 14.1 Å². The lowest BCUT2D eigenvalue weighted by Gasteiger charge is -2.25. The standard InChI is InChI=1S/C18H23BrN2/c1-13-5-7-15(8-6-13)12-21(4)18-10-9-16(19)11-17(18)14(2)20-3/h5-11,14,20H,12H2,1-4H3. The lowest BCUT2D eigenvalue weighted by atomic mass is 10.0. The Morgan fingerprint density at radius 2 is 1.81 bits per heavy atom. The smallest absolute Gasteiger partial charge is 0.0426 e. The maximum absolute atomic E-state index is 3.57. The number of anilines is 1. The molecular formula is C18H23BrN2. The van der Waals surface area contributed by atoms with Crippen LogP contribution in [-0.2, 0) is 6.54 Å². The summed E-state index contributed by atoms with van der Waals surface area (Å²) in [5.74, 6) is 0. The van der Waals surface area contributed by atoms with E-state index in [-0.39, 0.29) is 0 Å². The first kappa shape index (κ1) is 16.1. The molecule has 21 heavy (non-hydrogen) atoms. The summed E-state index contributed by atoms with van der Waals surface area (Å²) in [5.41, 5.74) is 5.20. The normalized spacial score (nSPS) is 12.2. The third-order valence-corrected chi connectivity index (χ3v) is 4.33. The molecular weight excluding hydrogens is 324 g/mol. The molecule has 0 saturated heterocycles. The highest BCUT2D eigenvalue weighted by Gasteiger charge is 2.13. The Morgan fingerprint density at radius 1 is 1.14 bits per heavy atom. The summed E-state index contributed by atoms with van der Waals surface area (Å²) in [7, 11) is 4.14. The van der Waals surface area contributed by atoms with Crippen LogP contribution in [0.2, 0.25) is 0 Å². The Hall–Kier alpha value is -1.32. The summed E-state index contributed by atoms with van der Waals surface area (Å²) in [5, 5.41) is 3.33. The van der Waals surface area contributed by atoms with Crippen LogP contribution in [0.1, 0.15) is 29.7 Å². The molecule has 2 rings (SSSR count). The zero-order valence-corrected chi connectivity index (χ0v) is 14.7. The van der Waals surface area contributed by atoms with E-state index in [4.69, 9.17) is 0 Å². The van der Waals surface area contributed by atoms with Gasteiger partial charge in [0.2, 0.25) is 0 Å². The molecule has 0 aromatic heterocycles. The molecule has 0 aliphatic rings. The highest BCUT2D eigenvalue weighted by Crippen LogP contribution is 2.29. The fourth-order valence-corrected chi connectivity index (χ4v) is 2.81. The number of benzene rings is 2. The largest absolute Gasteiger partial charge is 0.370 e. The second kappa shape index (κ2) is 7.10. The summed E-state index contributed by atoms with van der Waals surface area (Å²) in [4.78, 5) is 2.31. The topological polar surface area (TPSA) is 15.3 Å². The van der Waals surface area contributed by atoms with Crippen molar-refractivity contribution >= 4 is 21.6 Å². The first-order valence-electron chi connectivity index (χ1n) is 7.24. The lowest BCUT2D eigenvalue weighted by molar-refractivity contribution is 0.649. The van der Waals surface area contributed by atoms with Crippen molar-refractivity contribution in [3.63, 3.8) is 0 Å². The zero-order valence-electron chi connectivity index (χ0n) is 13.2. The minimum absolute atomic E-state index is 0.318. The summed E-state index contributed by atoms with van der Waals surface area (Å²) < 4.78 is 1.12. The van der Waals surface area contributed by atoms with Crippen LogP contribution in [0.15, 0.2) is 46.9 Å². The number of halogens is 1. The molecule has 0 radical (unpaired) electrons. The van der Waals surface area contributed by atoms with E-state index in [0.29, 0.717) is 6.04 Å². The van der Waals surface area contributed by atoms with Crippen LogP contribution < -0.4 is 10.2 Å². The van der Waals surface area contributed by atoms with E-state index in [1.165, 1.54) is 22.4 Å². The third kappa shape index (κ3) is 4.08. The number of nitrogens with zero attached hydrogens (tertiary/aromatic N) is 1. The molecule has 1 atom stereocenters. The molecule has 0 fully saturated rings. The van der Waals surface area contributed by atoms with Gasteiger partial charge in [-0.2, -0.15) is 0 Å². The molecule has 1 unspecified atom stereocenters. The first-order valence-corrected chi connectivity index (χ1v) is 8.04. The fraction of sp³-hybridized carbons (Fsp3) is 0.333. The van der Waals surface area contributed by atoms with Crippen LogP contribution in [0.4, 0.5) is 5.69 Å². The Kier molecular flexibility index (Phi) is 5.43. The van der Waals surface area contributed by atoms with Gasteiger partial charge in [-0.05, 0) is 50.2 Å². The van der Waals surface area contributed by atoms with Gasteiger partial charge in [0.05, 0.1) is 0 Å². The predicted molar refractivity (Wildman–Crippen MR) is 94.9 cm³/mol. The molecule has 3 heteroatoms. The second-order valence-corrected chi connectivity index (χ2v) is 6.47. The molecule has 0 heterocycles. The molecule has 2 nitrogen and oxygen atoms in total. The van der Waals surface area contributed by atoms with Gasteiger partial charge >= 0.3 is 0 Å². The van der Waals surface area contributed by atoms with Gasteiger partial charge in [-0.15, -0.1) is 0 Å². The van der Waals surface area contributed by atoms with Crippen LogP contribution in [0, 0.1) is 6.92 Å². The molecule has 2 aromatic carbocycles. The lowest BCUT2D eigenvalue weighted by Crippen LogP contribution is -2.21. The molecule has 0 amide bonds. The fourth-order valence-electron chi connectivity index (χ4n) is 2.43. The average Bonchev–Trinajstić information content (AvgIpc) is 2.48. The van der Waals surface area contributed by atoms with Crippen molar-refractivity contribution in [3.05, 3.63) is 63.6 Å². The maximum atomic E-state index is 3.57. The van der Waals surface area contributed by atoms with E-state index >= 15 is 0 Å². The third-order valence-electron chi connectivity index (χ3n) is 3.84. The summed E-state index contributed by atoms with van der Waals surface area (Å²) in [6, 6.07) is 15.5. The van der Waals surface area contributed by atoms with E-state index in [1.54, 1.807) is 0 Å². The van der Waals surface area contributed by atoms with Crippen molar-refractivity contribution in [2.24, 2.45) is 0 Å². The van der Waals surface area contributed by atoms with Crippen molar-refractivity contribution in [2.45, 2.75) is 26.4 Å². The van der Waals surface area contributed by atoms with E-state index in [1.807, 2.05) is 7.05 Å². The van der Waals surface area contributed by atoms with Crippen molar-refractivity contribution in [1.82, 2.24) is 5.32 Å². The Labute approximate surface area is 136 Å². The van der Waals surface area contributed by atoms with Crippen LogP contribution in [0.3, 0.4) is 0 Å². The van der Waals surface area contributed by atoms with E-state index in [2.05, 4.69) is 89.5 Å². The van der Waals surface area contributed by atoms with Gasteiger partial charge in [0, 0.05) is 29.8 Å². The number of rotatable bonds is 5. The Morgan fingerprint density at radius 3 is 2.43 bits per heavy atom. The SMILES string of the molecule is CNC(C)c1cc(Br)ccc1N(C)Cc1ccc(C)cc1. The van der Waals surface area contributed by atoms with Gasteiger partial charge in [-0.25, -0.2) is 0 Å². The number of hydrogen-bond acceptors (Lipinski definition) is 2. The Bertz CT molecular complexity index is 593. The van der Waals surface area contributed by atoms with Gasteiger partial charge in [0.15, 0.2) is 0 Å². The van der Waals surface area contributed by atoms with Crippen molar-refractivity contribution in [1.29, 1.82) is 0 Å². The molecule has 0 saturated carbocycles. The van der Waals surface area contributed by atoms with Crippen LogP contribution >= 0.6 is 15.9 Å². The molecule has 0 aliphatic carbocycles. The number of aryl methyl sites for hydroxylation is 1. The molecule has 112 valence electrons. The van der Waals surface area contributed by atoms with Gasteiger partial charge in [0.25, 0.3) is 0 Å². The van der Waals surface area contributed by atoms with Crippen molar-refractivity contribution in [2.75, 3.05) is 19.0 Å². The van der Waals surface area contributed by atoms with E-state index < -0.39 is 0 Å². The van der Waals surface area contributed by atoms with Gasteiger partial charge in [-0.3, -0.25) is 0 Å². The van der Waals surface area contributed by atoms with Crippen molar-refractivity contribution in [3.8, 4) is 0 Å². The van der Waals surface area contributed by atoms with Crippen LogP contribution in [0.5, 0.6) is 0 Å². The number of nitrogens with one attached hydrogen (secondary N) is 1. The first-order chi connectivity index (χ1) is 10.0. The number of hydrogen-bond donors (Lipinski definition) is 1. The monoisotopic (exact) mass is 346 g/mol. The van der Waals surface area contributed by atoms with Gasteiger partial charge in [-0.1, -0.05) is 45.8 Å². The molecule has 1 N–H and O–H groups in total. The second-order valence-electron chi connectivity index (χ2n) is 5.56. The van der Waals surface area contributed by atoms with Crippen LogP contribution in [0.25, 0.3) is 0 Å². The minimum atomic E-state index is 0.318. The minimum Gasteiger partial charge on any atom is -0.370 e. The maximum Gasteiger partial charge on any atom is 0.0426 e. The van der Waals surface area contributed by atoms with Gasteiger partial charge in [0.1, 0.15) is 0 Å². The molecule has 0 bridgehead atoms. The van der Waals surface area contributed by atoms with Gasteiger partial charge < -0.3 is 10.2 Å². The Balaban J connectivity index is 2.26. The van der Waals surface area contributed by atoms with E-state index in [9.17, 15) is 0 Å². The van der Waals surface area contributed by atoms with E-state index in [0.717, 1.165) is 11.0 Å². The molecule has 0 spiro atoms. The summed E-state index contributed by atoms with van der Waals surface area (Å²) >= 11 is 3.57. The highest BCUT2D eigenvalue weighted by atomic mass is 79.9. The predicted octanol–water partition coefficient (Wildman–Crippen LogP) is 4.67. The highest BCUT2D eigenvalue weighted by molar-refractivity contribution is 9.10. The zero-order chi connectivity index (χ0) is 15.4. The molecule has 0 aliphatic heterocycles.